The lowest BCUT2D eigenvalue weighted by molar-refractivity contribution is 0.105. The molecule has 1 saturated heterocycles. The highest BCUT2D eigenvalue weighted by Crippen LogP contribution is 2.29. The quantitative estimate of drug-likeness (QED) is 0.910. The zero-order chi connectivity index (χ0) is 14.8. The van der Waals surface area contributed by atoms with Gasteiger partial charge in [0.25, 0.3) is 0 Å². The van der Waals surface area contributed by atoms with Gasteiger partial charge in [0.05, 0.1) is 11.5 Å². The SMILES string of the molecule is Cc1ccccc1CN(C)C1(CN)CCS(=O)(=O)CC1. The predicted molar refractivity (Wildman–Crippen MR) is 82.3 cm³/mol. The van der Waals surface area contributed by atoms with Crippen molar-refractivity contribution >= 4 is 9.84 Å². The van der Waals surface area contributed by atoms with Crippen molar-refractivity contribution in [2.75, 3.05) is 25.1 Å². The van der Waals surface area contributed by atoms with Crippen molar-refractivity contribution in [3.8, 4) is 0 Å². The van der Waals surface area contributed by atoms with E-state index in [2.05, 4.69) is 31.0 Å². The van der Waals surface area contributed by atoms with E-state index in [1.165, 1.54) is 11.1 Å². The number of rotatable bonds is 4. The zero-order valence-electron chi connectivity index (χ0n) is 12.3. The molecule has 1 fully saturated rings. The van der Waals surface area contributed by atoms with Gasteiger partial charge in [-0.25, -0.2) is 8.42 Å². The Labute approximate surface area is 121 Å². The molecule has 2 N–H and O–H groups in total. The van der Waals surface area contributed by atoms with Crippen LogP contribution in [-0.4, -0.2) is 44.0 Å². The smallest absolute Gasteiger partial charge is 0.150 e. The Morgan fingerprint density at radius 3 is 2.40 bits per heavy atom. The van der Waals surface area contributed by atoms with Crippen LogP contribution in [0, 0.1) is 6.92 Å². The molecule has 1 aromatic rings. The predicted octanol–water partition coefficient (Wildman–Crippen LogP) is 1.33. The van der Waals surface area contributed by atoms with Gasteiger partial charge in [-0.05, 0) is 37.9 Å². The van der Waals surface area contributed by atoms with E-state index in [-0.39, 0.29) is 17.0 Å². The molecule has 1 heterocycles. The van der Waals surface area contributed by atoms with Crippen molar-refractivity contribution in [2.24, 2.45) is 5.73 Å². The zero-order valence-corrected chi connectivity index (χ0v) is 13.1. The fourth-order valence-electron chi connectivity index (χ4n) is 2.87. The highest BCUT2D eigenvalue weighted by Gasteiger charge is 2.39. The van der Waals surface area contributed by atoms with Crippen LogP contribution in [0.2, 0.25) is 0 Å². The molecular weight excluding hydrogens is 272 g/mol. The number of hydrogen-bond donors (Lipinski definition) is 1. The highest BCUT2D eigenvalue weighted by atomic mass is 32.2. The monoisotopic (exact) mass is 296 g/mol. The van der Waals surface area contributed by atoms with Gasteiger partial charge in [0.15, 0.2) is 0 Å². The lowest BCUT2D eigenvalue weighted by atomic mass is 9.90. The van der Waals surface area contributed by atoms with E-state index in [0.29, 0.717) is 19.4 Å². The van der Waals surface area contributed by atoms with Crippen molar-refractivity contribution < 1.29 is 8.42 Å². The van der Waals surface area contributed by atoms with E-state index >= 15 is 0 Å². The fraction of sp³-hybridized carbons (Fsp3) is 0.600. The Morgan fingerprint density at radius 1 is 1.25 bits per heavy atom. The lowest BCUT2D eigenvalue weighted by Crippen LogP contribution is -2.56. The summed E-state index contributed by atoms with van der Waals surface area (Å²) in [5.41, 5.74) is 8.33. The maximum absolute atomic E-state index is 11.6. The molecule has 0 spiro atoms. The van der Waals surface area contributed by atoms with Crippen LogP contribution in [0.1, 0.15) is 24.0 Å². The minimum atomic E-state index is -2.86. The fourth-order valence-corrected chi connectivity index (χ4v) is 4.46. The van der Waals surface area contributed by atoms with Crippen LogP contribution < -0.4 is 5.73 Å². The van der Waals surface area contributed by atoms with E-state index in [1.807, 2.05) is 12.1 Å². The van der Waals surface area contributed by atoms with Crippen LogP contribution >= 0.6 is 0 Å². The summed E-state index contributed by atoms with van der Waals surface area (Å²) in [4.78, 5) is 2.24. The summed E-state index contributed by atoms with van der Waals surface area (Å²) in [5.74, 6) is 0.505. The van der Waals surface area contributed by atoms with Crippen LogP contribution in [-0.2, 0) is 16.4 Å². The number of benzene rings is 1. The van der Waals surface area contributed by atoms with Crippen LogP contribution in [0.25, 0.3) is 0 Å². The summed E-state index contributed by atoms with van der Waals surface area (Å²) in [6, 6.07) is 8.29. The van der Waals surface area contributed by atoms with E-state index < -0.39 is 9.84 Å². The summed E-state index contributed by atoms with van der Waals surface area (Å²) < 4.78 is 23.3. The second kappa shape index (κ2) is 5.84. The molecule has 1 aromatic carbocycles. The first-order valence-corrected chi connectivity index (χ1v) is 8.87. The summed E-state index contributed by atoms with van der Waals surface area (Å²) >= 11 is 0. The van der Waals surface area contributed by atoms with E-state index in [9.17, 15) is 8.42 Å². The van der Waals surface area contributed by atoms with Gasteiger partial charge in [0.1, 0.15) is 9.84 Å². The molecule has 0 saturated carbocycles. The average Bonchev–Trinajstić information content (AvgIpc) is 2.42. The van der Waals surface area contributed by atoms with E-state index in [1.54, 1.807) is 0 Å². The van der Waals surface area contributed by atoms with Crippen molar-refractivity contribution in [3.63, 3.8) is 0 Å². The van der Waals surface area contributed by atoms with Gasteiger partial charge in [-0.15, -0.1) is 0 Å². The second-order valence-corrected chi connectivity index (χ2v) is 8.17. The van der Waals surface area contributed by atoms with Crippen LogP contribution in [0.5, 0.6) is 0 Å². The number of nitrogens with two attached hydrogens (primary N) is 1. The number of aryl methyl sites for hydroxylation is 1. The molecular formula is C15H24N2O2S. The van der Waals surface area contributed by atoms with Crippen molar-refractivity contribution in [1.29, 1.82) is 0 Å². The van der Waals surface area contributed by atoms with Gasteiger partial charge in [-0.1, -0.05) is 24.3 Å². The molecule has 2 rings (SSSR count). The van der Waals surface area contributed by atoms with Gasteiger partial charge >= 0.3 is 0 Å². The molecule has 112 valence electrons. The first kappa shape index (κ1) is 15.5. The highest BCUT2D eigenvalue weighted by molar-refractivity contribution is 7.91. The Balaban J connectivity index is 2.14. The summed E-state index contributed by atoms with van der Waals surface area (Å²) in [6.45, 7) is 3.42. The molecule has 0 unspecified atom stereocenters. The third-order valence-electron chi connectivity index (χ3n) is 4.62. The van der Waals surface area contributed by atoms with Crippen molar-refractivity contribution in [2.45, 2.75) is 31.8 Å². The Morgan fingerprint density at radius 2 is 1.85 bits per heavy atom. The van der Waals surface area contributed by atoms with E-state index in [0.717, 1.165) is 6.54 Å². The summed E-state index contributed by atoms with van der Waals surface area (Å²) in [7, 11) is -0.808. The van der Waals surface area contributed by atoms with Crippen LogP contribution in [0.3, 0.4) is 0 Å². The van der Waals surface area contributed by atoms with Gasteiger partial charge in [-0.2, -0.15) is 0 Å². The number of likely N-dealkylation sites (N-methyl/N-ethyl adjacent to an activating group) is 1. The first-order chi connectivity index (χ1) is 9.38. The number of sulfone groups is 1. The first-order valence-electron chi connectivity index (χ1n) is 7.05. The van der Waals surface area contributed by atoms with E-state index in [4.69, 9.17) is 5.73 Å². The topological polar surface area (TPSA) is 63.4 Å². The largest absolute Gasteiger partial charge is 0.329 e. The maximum atomic E-state index is 11.6. The lowest BCUT2D eigenvalue weighted by Gasteiger charge is -2.44. The molecule has 0 atom stereocenters. The van der Waals surface area contributed by atoms with Gasteiger partial charge in [0.2, 0.25) is 0 Å². The normalized spacial score (nSPS) is 21.0. The molecule has 0 amide bonds. The van der Waals surface area contributed by atoms with Crippen molar-refractivity contribution in [1.82, 2.24) is 4.90 Å². The van der Waals surface area contributed by atoms with Crippen LogP contribution in [0.4, 0.5) is 0 Å². The molecule has 1 aliphatic heterocycles. The summed E-state index contributed by atoms with van der Waals surface area (Å²) in [5, 5.41) is 0. The van der Waals surface area contributed by atoms with Gasteiger partial charge < -0.3 is 5.73 Å². The molecule has 1 aliphatic rings. The molecule has 0 aromatic heterocycles. The number of hydrogen-bond acceptors (Lipinski definition) is 4. The Kier molecular flexibility index (Phi) is 4.52. The molecule has 5 heteroatoms. The minimum Gasteiger partial charge on any atom is -0.329 e. The molecule has 4 nitrogen and oxygen atoms in total. The minimum absolute atomic E-state index is 0.187. The molecule has 0 radical (unpaired) electrons. The maximum Gasteiger partial charge on any atom is 0.150 e. The van der Waals surface area contributed by atoms with Crippen molar-refractivity contribution in [3.05, 3.63) is 35.4 Å². The number of nitrogens with zero attached hydrogens (tertiary/aromatic N) is 1. The average molecular weight is 296 g/mol. The molecule has 20 heavy (non-hydrogen) atoms. The van der Waals surface area contributed by atoms with Gasteiger partial charge in [-0.3, -0.25) is 4.90 Å². The third-order valence-corrected chi connectivity index (χ3v) is 6.27. The Bertz CT molecular complexity index is 555. The molecule has 0 bridgehead atoms. The Hall–Kier alpha value is -0.910. The standard InChI is InChI=1S/C15H24N2O2S/c1-13-5-3-4-6-14(13)11-17(2)15(12-16)7-9-20(18,19)10-8-15/h3-6H,7-12,16H2,1-2H3. The third kappa shape index (κ3) is 3.22. The second-order valence-electron chi connectivity index (χ2n) is 5.86. The van der Waals surface area contributed by atoms with Crippen LogP contribution in [0.15, 0.2) is 24.3 Å². The summed E-state index contributed by atoms with van der Waals surface area (Å²) in [6.07, 6.45) is 1.27. The van der Waals surface area contributed by atoms with Gasteiger partial charge in [0, 0.05) is 18.6 Å². The molecule has 0 aliphatic carbocycles.